The molecule has 1 unspecified atom stereocenters. The van der Waals surface area contributed by atoms with E-state index in [0.717, 1.165) is 16.7 Å². The van der Waals surface area contributed by atoms with Gasteiger partial charge in [-0.1, -0.05) is 18.7 Å². The average molecular weight is 802 g/mol. The molecule has 3 N–H and O–H groups in total. The molecule has 7 aliphatic heterocycles. The van der Waals surface area contributed by atoms with Gasteiger partial charge in [0.15, 0.2) is 40.0 Å². The van der Waals surface area contributed by atoms with Gasteiger partial charge in [0.2, 0.25) is 6.79 Å². The predicted octanol–water partition coefficient (Wildman–Crippen LogP) is 4.27. The number of thioether (sulfide) groups is 1. The van der Waals surface area contributed by atoms with E-state index in [1.54, 1.807) is 20.3 Å². The summed E-state index contributed by atoms with van der Waals surface area (Å²) in [6.07, 6.45) is 1.71. The van der Waals surface area contributed by atoms with E-state index < -0.39 is 47.1 Å². The lowest BCUT2D eigenvalue weighted by atomic mass is 9.73. The van der Waals surface area contributed by atoms with Gasteiger partial charge in [-0.05, 0) is 68.1 Å². The van der Waals surface area contributed by atoms with E-state index in [4.69, 9.17) is 33.2 Å². The fourth-order valence-corrected chi connectivity index (χ4v) is 11.9. The molecule has 302 valence electrons. The van der Waals surface area contributed by atoms with Gasteiger partial charge < -0.3 is 43.4 Å². The molecule has 3 aromatic carbocycles. The summed E-state index contributed by atoms with van der Waals surface area (Å²) >= 11 is 1.50. The second-order valence-corrected chi connectivity index (χ2v) is 16.6. The van der Waals surface area contributed by atoms with Gasteiger partial charge in [0.05, 0.1) is 37.6 Å². The van der Waals surface area contributed by atoms with Crippen molar-refractivity contribution in [1.82, 2.24) is 15.1 Å². The number of phenolic OH excluding ortho intramolecular Hbond substituents is 1. The smallest absolute Gasteiger partial charge is 0.331 e. The third-order valence-electron chi connectivity index (χ3n) is 12.6. The highest BCUT2D eigenvalue weighted by Gasteiger charge is 2.61. The number of likely N-dealkylation sites (N-methyl/N-ethyl adjacent to an activating group) is 1. The number of fused-ring (bicyclic) bond motifs is 9. The van der Waals surface area contributed by atoms with Gasteiger partial charge in [-0.2, -0.15) is 0 Å². The SMILES string of the molecule is C=CCOc1cc2c(cc1OC)[C@@]1(CS[C@@H]3c4c(OC(C)=O)c(C)c5c(c4[C@@H](COC1=O)N1C3[C@H]3c4c(cc(C)c(OC)c4O)C[C@@H]([C@@H]1O)N3C)OCO5)NCC2. The molecule has 2 saturated heterocycles. The molecule has 2 fully saturated rings. The van der Waals surface area contributed by atoms with E-state index in [0.29, 0.717) is 81.7 Å². The monoisotopic (exact) mass is 801 g/mol. The van der Waals surface area contributed by atoms with E-state index in [2.05, 4.69) is 16.8 Å². The van der Waals surface area contributed by atoms with Crippen LogP contribution in [0.2, 0.25) is 0 Å². The van der Waals surface area contributed by atoms with E-state index >= 15 is 0 Å². The Morgan fingerprint density at radius 2 is 1.86 bits per heavy atom. The highest BCUT2D eigenvalue weighted by atomic mass is 32.2. The molecule has 10 rings (SSSR count). The number of carbonyl (C=O) groups is 2. The number of phenols is 1. The number of rotatable bonds is 6. The summed E-state index contributed by atoms with van der Waals surface area (Å²) in [7, 11) is 5.08. The predicted molar refractivity (Wildman–Crippen MR) is 209 cm³/mol. The fourth-order valence-electron chi connectivity index (χ4n) is 10.2. The molecular weight excluding hydrogens is 755 g/mol. The van der Waals surface area contributed by atoms with Crippen molar-refractivity contribution in [2.24, 2.45) is 0 Å². The summed E-state index contributed by atoms with van der Waals surface area (Å²) in [5, 5.41) is 27.7. The van der Waals surface area contributed by atoms with Gasteiger partial charge in [-0.15, -0.1) is 11.8 Å². The van der Waals surface area contributed by atoms with Crippen LogP contribution in [0.3, 0.4) is 0 Å². The number of nitrogens with one attached hydrogen (secondary N) is 1. The van der Waals surface area contributed by atoms with Crippen LogP contribution in [-0.4, -0.2) is 104 Å². The summed E-state index contributed by atoms with van der Waals surface area (Å²) < 4.78 is 42.4. The van der Waals surface area contributed by atoms with Crippen molar-refractivity contribution in [3.05, 3.63) is 75.4 Å². The third kappa shape index (κ3) is 5.45. The molecule has 0 radical (unpaired) electrons. The number of nitrogens with zero attached hydrogens (tertiary/aromatic N) is 2. The number of ether oxygens (including phenoxy) is 7. The first-order valence-electron chi connectivity index (χ1n) is 19.2. The van der Waals surface area contributed by atoms with Crippen molar-refractivity contribution in [3.8, 4) is 40.2 Å². The number of aromatic hydroxyl groups is 1. The Kier molecular flexibility index (Phi) is 9.31. The minimum atomic E-state index is -1.33. The molecule has 3 aromatic rings. The molecule has 0 saturated carbocycles. The highest BCUT2D eigenvalue weighted by molar-refractivity contribution is 7.99. The second-order valence-electron chi connectivity index (χ2n) is 15.5. The summed E-state index contributed by atoms with van der Waals surface area (Å²) in [5.41, 5.74) is 4.66. The molecule has 7 heterocycles. The van der Waals surface area contributed by atoms with E-state index in [9.17, 15) is 19.8 Å². The van der Waals surface area contributed by atoms with E-state index in [1.807, 2.05) is 44.0 Å². The van der Waals surface area contributed by atoms with Crippen LogP contribution in [0.15, 0.2) is 30.9 Å². The van der Waals surface area contributed by atoms with Crippen LogP contribution in [0.4, 0.5) is 0 Å². The van der Waals surface area contributed by atoms with Crippen LogP contribution in [0, 0.1) is 13.8 Å². The van der Waals surface area contributed by atoms with Crippen molar-refractivity contribution in [1.29, 1.82) is 0 Å². The Morgan fingerprint density at radius 3 is 2.60 bits per heavy atom. The first kappa shape index (κ1) is 37.9. The lowest BCUT2D eigenvalue weighted by Crippen LogP contribution is -2.70. The Labute approximate surface area is 334 Å². The zero-order chi connectivity index (χ0) is 40.1. The summed E-state index contributed by atoms with van der Waals surface area (Å²) in [6.45, 7) is 9.42. The number of benzene rings is 3. The summed E-state index contributed by atoms with van der Waals surface area (Å²) in [6, 6.07) is 3.61. The maximum Gasteiger partial charge on any atom is 0.331 e. The Hall–Kier alpha value is -4.67. The van der Waals surface area contributed by atoms with E-state index in [1.165, 1.54) is 18.7 Å². The van der Waals surface area contributed by atoms with Crippen molar-refractivity contribution < 1.29 is 53.0 Å². The number of hydrogen-bond acceptors (Lipinski definition) is 15. The van der Waals surface area contributed by atoms with Crippen molar-refractivity contribution in [2.45, 2.75) is 74.8 Å². The highest BCUT2D eigenvalue weighted by Crippen LogP contribution is 2.64. The maximum atomic E-state index is 14.9. The Bertz CT molecular complexity index is 2210. The molecule has 7 aliphatic rings. The van der Waals surface area contributed by atoms with Crippen LogP contribution in [0.25, 0.3) is 0 Å². The largest absolute Gasteiger partial charge is 0.504 e. The first-order valence-corrected chi connectivity index (χ1v) is 20.2. The number of methoxy groups -OCH3 is 2. The number of aliphatic hydroxyl groups is 1. The normalized spacial score (nSPS) is 28.4. The van der Waals surface area contributed by atoms with Gasteiger partial charge in [0.1, 0.15) is 25.2 Å². The Morgan fingerprint density at radius 1 is 1.07 bits per heavy atom. The van der Waals surface area contributed by atoms with Gasteiger partial charge in [0.25, 0.3) is 0 Å². The zero-order valence-corrected chi connectivity index (χ0v) is 33.6. The number of aryl methyl sites for hydroxylation is 1. The number of aliphatic hydroxyl groups excluding tert-OH is 1. The van der Waals surface area contributed by atoms with Gasteiger partial charge in [-0.3, -0.25) is 19.9 Å². The zero-order valence-electron chi connectivity index (χ0n) is 32.8. The van der Waals surface area contributed by atoms with Crippen LogP contribution in [0.5, 0.6) is 40.2 Å². The molecule has 0 aromatic heterocycles. The minimum Gasteiger partial charge on any atom is -0.504 e. The van der Waals surface area contributed by atoms with Gasteiger partial charge in [0, 0.05) is 47.5 Å². The van der Waals surface area contributed by atoms with Gasteiger partial charge >= 0.3 is 11.9 Å². The fraction of sp³-hybridized carbons (Fsp3) is 0.476. The summed E-state index contributed by atoms with van der Waals surface area (Å²) in [4.78, 5) is 32.0. The lowest BCUT2D eigenvalue weighted by molar-refractivity contribution is -0.186. The minimum absolute atomic E-state index is 0.0479. The molecule has 57 heavy (non-hydrogen) atoms. The second kappa shape index (κ2) is 14.0. The molecule has 0 amide bonds. The van der Waals surface area contributed by atoms with Crippen molar-refractivity contribution in [3.63, 3.8) is 0 Å². The van der Waals surface area contributed by atoms with Crippen molar-refractivity contribution >= 4 is 23.7 Å². The Balaban J connectivity index is 1.29. The molecule has 14 nitrogen and oxygen atoms in total. The van der Waals surface area contributed by atoms with Crippen LogP contribution >= 0.6 is 11.8 Å². The number of carbonyl (C=O) groups excluding carboxylic acids is 2. The molecular formula is C42H47N3O11S. The number of hydrogen-bond donors (Lipinski definition) is 3. The maximum absolute atomic E-state index is 14.9. The first-order chi connectivity index (χ1) is 27.4. The number of esters is 2. The lowest BCUT2D eigenvalue weighted by Gasteiger charge is -2.62. The van der Waals surface area contributed by atoms with Crippen LogP contribution in [0.1, 0.15) is 68.8 Å². The quantitative estimate of drug-likeness (QED) is 0.184. The van der Waals surface area contributed by atoms with Crippen LogP contribution in [-0.2, 0) is 32.7 Å². The van der Waals surface area contributed by atoms with Crippen molar-refractivity contribution in [2.75, 3.05) is 53.6 Å². The topological polar surface area (TPSA) is 158 Å². The third-order valence-corrected chi connectivity index (χ3v) is 14.1. The average Bonchev–Trinajstić information content (AvgIpc) is 3.68. The molecule has 1 spiro atoms. The molecule has 0 aliphatic carbocycles. The molecule has 4 bridgehead atoms. The number of piperazine rings is 1. The van der Waals surface area contributed by atoms with Gasteiger partial charge in [-0.25, -0.2) is 4.79 Å². The standard InChI is InChI=1S/C42H47N3O11S/c1-8-11-52-28-14-22-9-10-43-42(24(22)15-27(28)50-6)17-57-39-31-30(38-37(54-18-55-38)20(3)36(31)56-21(4)46)26(16-53-41(42)49)45-33(39)32-29-23(13-25(40(45)48)44(32)5)12-19(2)35(51-7)34(29)47/h8,12,14-15,25-26,32-33,39-40,43,47-48H,1,9-11,13,16-18H2,2-7H3/t25-,26+,32+,33?,39+,40-,42+/m0/s1. The summed E-state index contributed by atoms with van der Waals surface area (Å²) in [5.74, 6) is 1.88. The molecule has 7 atom stereocenters. The van der Waals surface area contributed by atoms with Crippen LogP contribution < -0.4 is 33.7 Å². The van der Waals surface area contributed by atoms with E-state index in [-0.39, 0.29) is 37.6 Å². The molecule has 15 heteroatoms.